The van der Waals surface area contributed by atoms with Crippen molar-refractivity contribution >= 4 is 50.5 Å². The lowest BCUT2D eigenvalue weighted by molar-refractivity contribution is -0.212. The highest BCUT2D eigenvalue weighted by Crippen LogP contribution is 2.65. The van der Waals surface area contributed by atoms with Gasteiger partial charge in [-0.05, 0) is 0 Å². The fraction of sp³-hybridized carbons (Fsp3) is 0.571. The standard InChI is InChI=1S/C14H21N6O12P3S/c15-2-1-3-36-35(28,29)32-34(26,27)6-33(24,25)30-4-7-9(21)10(22)13(31-7)20-5-17-8-11(20)18-14(16)19-12(8)23/h5,7,9-10,13,21-22H,1,3-4,6H2,(H,24,25)(H,26,27)(H,28,29)(H3,16,18,19,23)/p-3. The maximum absolute atomic E-state index is 12.1. The third-order valence-electron chi connectivity index (χ3n) is 4.53. The Hall–Kier alpha value is -1.64. The van der Waals surface area contributed by atoms with Gasteiger partial charge < -0.3 is 49.0 Å². The van der Waals surface area contributed by atoms with E-state index in [2.05, 4.69) is 23.8 Å². The predicted molar refractivity (Wildman–Crippen MR) is 116 cm³/mol. The van der Waals surface area contributed by atoms with E-state index in [4.69, 9.17) is 15.7 Å². The van der Waals surface area contributed by atoms with Crippen molar-refractivity contribution < 1.29 is 52.2 Å². The van der Waals surface area contributed by atoms with Gasteiger partial charge in [-0.2, -0.15) is 10.2 Å². The molecule has 1 aliphatic rings. The third-order valence-corrected chi connectivity index (χ3v) is 12.4. The third kappa shape index (κ3) is 7.01. The molecule has 18 nitrogen and oxygen atoms in total. The lowest BCUT2D eigenvalue weighted by Crippen LogP contribution is -2.34. The molecule has 2 aromatic heterocycles. The molecule has 1 saturated heterocycles. The van der Waals surface area contributed by atoms with Gasteiger partial charge in [0.15, 0.2) is 24.2 Å². The lowest BCUT2D eigenvalue weighted by Gasteiger charge is -2.35. The van der Waals surface area contributed by atoms with E-state index in [0.29, 0.717) is 0 Å². The van der Waals surface area contributed by atoms with Crippen LogP contribution in [0.2, 0.25) is 0 Å². The van der Waals surface area contributed by atoms with Gasteiger partial charge in [-0.1, -0.05) is 11.4 Å². The van der Waals surface area contributed by atoms with E-state index in [1.807, 2.05) is 0 Å². The van der Waals surface area contributed by atoms with Crippen LogP contribution in [-0.4, -0.2) is 66.3 Å². The first kappa shape index (κ1) is 28.9. The maximum Gasteiger partial charge on any atom is 0.280 e. The summed E-state index contributed by atoms with van der Waals surface area (Å²) >= 11 is 0.0195. The summed E-state index contributed by atoms with van der Waals surface area (Å²) in [5, 5.41) is 29.0. The molecule has 200 valence electrons. The number of ether oxygens (including phenoxy) is 1. The van der Waals surface area contributed by atoms with Crippen LogP contribution in [0.25, 0.3) is 11.2 Å². The molecule has 1 fully saturated rings. The van der Waals surface area contributed by atoms with Crippen LogP contribution in [0.1, 0.15) is 12.6 Å². The summed E-state index contributed by atoms with van der Waals surface area (Å²) in [7, 11) is -10.8. The molecule has 7 unspecified atom stereocenters. The Balaban J connectivity index is 1.65. The number of anilines is 1. The molecular weight excluding hydrogens is 569 g/mol. The number of aliphatic hydroxyl groups is 2. The van der Waals surface area contributed by atoms with Crippen LogP contribution < -0.4 is 26.0 Å². The molecule has 36 heavy (non-hydrogen) atoms. The Labute approximate surface area is 205 Å². The molecule has 0 radical (unpaired) electrons. The van der Waals surface area contributed by atoms with Crippen LogP contribution in [0.4, 0.5) is 5.95 Å². The van der Waals surface area contributed by atoms with Crippen LogP contribution in [-0.2, 0) is 27.3 Å². The minimum Gasteiger partial charge on any atom is -0.778 e. The molecule has 3 heterocycles. The number of nitrogens with zero attached hydrogens (tertiary/aromatic N) is 4. The summed E-state index contributed by atoms with van der Waals surface area (Å²) in [5.74, 6) is -2.41. The molecule has 5 N–H and O–H groups in total. The Morgan fingerprint density at radius 2 is 1.97 bits per heavy atom. The van der Waals surface area contributed by atoms with E-state index in [1.54, 1.807) is 6.07 Å². The molecule has 0 aliphatic carbocycles. The van der Waals surface area contributed by atoms with Gasteiger partial charge in [0, 0.05) is 12.2 Å². The van der Waals surface area contributed by atoms with Crippen molar-refractivity contribution in [3.63, 3.8) is 0 Å². The second kappa shape index (κ2) is 11.0. The summed E-state index contributed by atoms with van der Waals surface area (Å²) in [6, 6.07) is 1.64. The number of nitriles is 1. The van der Waals surface area contributed by atoms with Crippen LogP contribution in [0, 0.1) is 11.3 Å². The number of aliphatic hydroxyl groups excluding tert-OH is 2. The van der Waals surface area contributed by atoms with Gasteiger partial charge >= 0.3 is 0 Å². The SMILES string of the molecule is N#CCCSP(=O)([O-])OP(=O)([O-])CP(=O)([O-])OCC1OC(n2cnc3c(=O)[nH]c(N)nc32)C(O)C1O. The zero-order chi connectivity index (χ0) is 26.9. The number of imidazole rings is 1. The average Bonchev–Trinajstić information content (AvgIpc) is 3.26. The highest BCUT2D eigenvalue weighted by Gasteiger charge is 2.45. The highest BCUT2D eigenvalue weighted by atomic mass is 32.7. The number of aromatic nitrogens is 4. The maximum atomic E-state index is 12.1. The molecule has 22 heteroatoms. The number of nitrogens with two attached hydrogens (primary N) is 1. The van der Waals surface area contributed by atoms with Gasteiger partial charge in [0.1, 0.15) is 33.5 Å². The Bertz CT molecular complexity index is 1360. The zero-order valence-electron chi connectivity index (χ0n) is 17.8. The van der Waals surface area contributed by atoms with Crippen LogP contribution in [0.15, 0.2) is 11.1 Å². The molecule has 7 atom stereocenters. The molecular formula is C14H18N6O12P3S-3. The fourth-order valence-corrected chi connectivity index (χ4v) is 10.2. The van der Waals surface area contributed by atoms with Crippen molar-refractivity contribution in [1.82, 2.24) is 19.5 Å². The van der Waals surface area contributed by atoms with E-state index in [-0.39, 0.29) is 40.7 Å². The summed E-state index contributed by atoms with van der Waals surface area (Å²) in [4.78, 5) is 57.6. The summed E-state index contributed by atoms with van der Waals surface area (Å²) < 4.78 is 50.7. The number of hydrogen-bond acceptors (Lipinski definition) is 17. The Morgan fingerprint density at radius 1 is 1.28 bits per heavy atom. The Morgan fingerprint density at radius 3 is 2.64 bits per heavy atom. The van der Waals surface area contributed by atoms with Gasteiger partial charge in [-0.15, -0.1) is 0 Å². The van der Waals surface area contributed by atoms with E-state index in [9.17, 15) is 43.4 Å². The normalized spacial score (nSPS) is 27.2. The predicted octanol–water partition coefficient (Wildman–Crippen LogP) is -2.47. The molecule has 0 bridgehead atoms. The monoisotopic (exact) mass is 587 g/mol. The van der Waals surface area contributed by atoms with Crippen molar-refractivity contribution in [2.75, 3.05) is 24.0 Å². The first-order valence-corrected chi connectivity index (χ1v) is 16.3. The quantitative estimate of drug-likeness (QED) is 0.156. The number of nitrogens with one attached hydrogen (secondary N) is 1. The summed E-state index contributed by atoms with van der Waals surface area (Å²) in [6.07, 6.45) is -5.50. The summed E-state index contributed by atoms with van der Waals surface area (Å²) in [6.45, 7) is -6.04. The molecule has 2 aromatic rings. The first-order chi connectivity index (χ1) is 16.6. The molecule has 3 rings (SSSR count). The number of fused-ring (bicyclic) bond motifs is 1. The van der Waals surface area contributed by atoms with Crippen molar-refractivity contribution in [2.45, 2.75) is 31.0 Å². The van der Waals surface area contributed by atoms with Gasteiger partial charge in [0.2, 0.25) is 5.95 Å². The molecule has 0 amide bonds. The summed E-state index contributed by atoms with van der Waals surface area (Å²) in [5.41, 5.74) is 4.54. The van der Waals surface area contributed by atoms with E-state index in [0.717, 1.165) is 10.9 Å². The second-order valence-corrected chi connectivity index (χ2v) is 15.4. The smallest absolute Gasteiger partial charge is 0.280 e. The number of H-pyrrole nitrogens is 1. The lowest BCUT2D eigenvalue weighted by atomic mass is 10.1. The van der Waals surface area contributed by atoms with Gasteiger partial charge in [-0.3, -0.25) is 23.2 Å². The second-order valence-electron chi connectivity index (χ2n) is 7.25. The largest absolute Gasteiger partial charge is 0.778 e. The van der Waals surface area contributed by atoms with Gasteiger partial charge in [0.05, 0.1) is 24.9 Å². The van der Waals surface area contributed by atoms with E-state index >= 15 is 0 Å². The van der Waals surface area contributed by atoms with Crippen molar-refractivity contribution in [2.24, 2.45) is 0 Å². The van der Waals surface area contributed by atoms with Crippen molar-refractivity contribution in [3.05, 3.63) is 16.7 Å². The zero-order valence-corrected chi connectivity index (χ0v) is 21.3. The number of aromatic amines is 1. The Kier molecular flexibility index (Phi) is 8.84. The van der Waals surface area contributed by atoms with E-state index in [1.165, 1.54) is 0 Å². The van der Waals surface area contributed by atoms with Crippen molar-refractivity contribution in [1.29, 1.82) is 5.26 Å². The number of nitrogen functional groups attached to an aromatic ring is 1. The van der Waals surface area contributed by atoms with Crippen molar-refractivity contribution in [3.8, 4) is 6.07 Å². The number of hydrogen-bond donors (Lipinski definition) is 4. The molecule has 1 aliphatic heterocycles. The van der Waals surface area contributed by atoms with Crippen LogP contribution in [0.3, 0.4) is 0 Å². The molecule has 0 saturated carbocycles. The highest BCUT2D eigenvalue weighted by molar-refractivity contribution is 8.54. The van der Waals surface area contributed by atoms with E-state index < -0.39 is 64.6 Å². The average molecular weight is 587 g/mol. The minimum atomic E-state index is -5.51. The fourth-order valence-electron chi connectivity index (χ4n) is 3.07. The first-order valence-electron chi connectivity index (χ1n) is 9.67. The van der Waals surface area contributed by atoms with Gasteiger partial charge in [0.25, 0.3) is 5.56 Å². The minimum absolute atomic E-state index is 0.0195. The molecule has 0 spiro atoms. The van der Waals surface area contributed by atoms with Crippen LogP contribution >= 0.6 is 33.4 Å². The van der Waals surface area contributed by atoms with Crippen LogP contribution in [0.5, 0.6) is 0 Å². The topological polar surface area (TPSA) is 302 Å². The number of rotatable bonds is 11. The van der Waals surface area contributed by atoms with Gasteiger partial charge in [-0.25, -0.2) is 4.98 Å². The molecule has 0 aromatic carbocycles.